The molecule has 0 saturated carbocycles. The molecular formula is C13H13FN6O2. The Labute approximate surface area is 124 Å². The molecule has 0 saturated heterocycles. The van der Waals surface area contributed by atoms with Crippen molar-refractivity contribution < 1.29 is 13.7 Å². The van der Waals surface area contributed by atoms with Crippen molar-refractivity contribution in [2.24, 2.45) is 0 Å². The average molecular weight is 304 g/mol. The van der Waals surface area contributed by atoms with Crippen molar-refractivity contribution in [2.45, 2.75) is 20.3 Å². The summed E-state index contributed by atoms with van der Waals surface area (Å²) >= 11 is 0. The minimum Gasteiger partial charge on any atom is -0.359 e. The smallest absolute Gasteiger partial charge is 0.326 e. The van der Waals surface area contributed by atoms with Gasteiger partial charge >= 0.3 is 6.03 Å². The Morgan fingerprint density at radius 1 is 1.41 bits per heavy atom. The van der Waals surface area contributed by atoms with E-state index in [1.807, 2.05) is 6.92 Å². The zero-order valence-corrected chi connectivity index (χ0v) is 11.9. The van der Waals surface area contributed by atoms with Crippen molar-refractivity contribution in [2.75, 3.05) is 10.6 Å². The van der Waals surface area contributed by atoms with Gasteiger partial charge in [0.2, 0.25) is 0 Å². The van der Waals surface area contributed by atoms with E-state index in [9.17, 15) is 9.18 Å². The fraction of sp³-hybridized carbons (Fsp3) is 0.231. The molecule has 2 amide bonds. The zero-order valence-electron chi connectivity index (χ0n) is 11.9. The van der Waals surface area contributed by atoms with Crippen molar-refractivity contribution in [3.05, 3.63) is 35.6 Å². The fourth-order valence-electron chi connectivity index (χ4n) is 1.98. The van der Waals surface area contributed by atoms with Crippen LogP contribution in [0.3, 0.4) is 0 Å². The summed E-state index contributed by atoms with van der Waals surface area (Å²) in [5, 5.41) is 12.9. The number of hydrogen-bond donors (Lipinski definition) is 2. The van der Waals surface area contributed by atoms with Gasteiger partial charge in [-0.05, 0) is 25.5 Å². The van der Waals surface area contributed by atoms with Crippen LogP contribution in [0.25, 0.3) is 5.65 Å². The van der Waals surface area contributed by atoms with Crippen LogP contribution in [0.2, 0.25) is 0 Å². The van der Waals surface area contributed by atoms with E-state index in [4.69, 9.17) is 4.52 Å². The largest absolute Gasteiger partial charge is 0.359 e. The Morgan fingerprint density at radius 2 is 2.23 bits per heavy atom. The van der Waals surface area contributed by atoms with Crippen molar-refractivity contribution in [3.63, 3.8) is 0 Å². The van der Waals surface area contributed by atoms with Crippen LogP contribution in [-0.2, 0) is 6.42 Å². The Kier molecular flexibility index (Phi) is 3.45. The number of aromatic nitrogens is 4. The van der Waals surface area contributed by atoms with Gasteiger partial charge in [-0.25, -0.2) is 13.7 Å². The number of amides is 2. The third-order valence-electron chi connectivity index (χ3n) is 3.03. The first-order chi connectivity index (χ1) is 10.6. The molecule has 3 aromatic rings. The number of pyridine rings is 1. The van der Waals surface area contributed by atoms with Crippen LogP contribution in [0.1, 0.15) is 18.4 Å². The molecule has 0 spiro atoms. The lowest BCUT2D eigenvalue weighted by molar-refractivity contribution is 0.262. The van der Waals surface area contributed by atoms with Crippen LogP contribution in [-0.4, -0.2) is 25.8 Å². The number of anilines is 2. The molecule has 0 bridgehead atoms. The van der Waals surface area contributed by atoms with Crippen molar-refractivity contribution in [1.29, 1.82) is 0 Å². The summed E-state index contributed by atoms with van der Waals surface area (Å²) in [6.07, 6.45) is 1.80. The molecule has 0 aliphatic rings. The predicted molar refractivity (Wildman–Crippen MR) is 76.2 cm³/mol. The SMILES string of the molecule is CCc1noc(C)c1NC(=O)Nc1nc2ccc(F)cn2n1. The predicted octanol–water partition coefficient (Wildman–Crippen LogP) is 2.37. The second-order valence-electron chi connectivity index (χ2n) is 4.58. The third-order valence-corrected chi connectivity index (χ3v) is 3.03. The van der Waals surface area contributed by atoms with Crippen LogP contribution in [0.5, 0.6) is 0 Å². The zero-order chi connectivity index (χ0) is 15.7. The Bertz CT molecular complexity index is 840. The molecule has 2 N–H and O–H groups in total. The number of urea groups is 1. The number of halogens is 1. The maximum absolute atomic E-state index is 13.1. The Balaban J connectivity index is 1.76. The molecule has 3 rings (SSSR count). The molecule has 0 radical (unpaired) electrons. The summed E-state index contributed by atoms with van der Waals surface area (Å²) in [5.41, 5.74) is 1.60. The average Bonchev–Trinajstić information content (AvgIpc) is 3.02. The molecule has 3 aromatic heterocycles. The van der Waals surface area contributed by atoms with E-state index in [0.717, 1.165) is 0 Å². The van der Waals surface area contributed by atoms with E-state index in [1.165, 1.54) is 22.8 Å². The van der Waals surface area contributed by atoms with E-state index in [2.05, 4.69) is 25.9 Å². The van der Waals surface area contributed by atoms with Crippen LogP contribution >= 0.6 is 0 Å². The maximum Gasteiger partial charge on any atom is 0.326 e. The molecule has 0 atom stereocenters. The number of hydrogen-bond acceptors (Lipinski definition) is 5. The fourth-order valence-corrected chi connectivity index (χ4v) is 1.98. The molecule has 22 heavy (non-hydrogen) atoms. The second-order valence-corrected chi connectivity index (χ2v) is 4.58. The van der Waals surface area contributed by atoms with Gasteiger partial charge in [-0.15, -0.1) is 5.10 Å². The summed E-state index contributed by atoms with van der Waals surface area (Å²) < 4.78 is 19.4. The highest BCUT2D eigenvalue weighted by molar-refractivity contribution is 5.99. The summed E-state index contributed by atoms with van der Waals surface area (Å²) in [6.45, 7) is 3.60. The van der Waals surface area contributed by atoms with Gasteiger partial charge in [0.25, 0.3) is 5.95 Å². The van der Waals surface area contributed by atoms with Gasteiger partial charge in [0, 0.05) is 0 Å². The molecule has 3 heterocycles. The molecule has 9 heteroatoms. The summed E-state index contributed by atoms with van der Waals surface area (Å²) in [6, 6.07) is 2.20. The van der Waals surface area contributed by atoms with Crippen molar-refractivity contribution >= 4 is 23.3 Å². The first kappa shape index (κ1) is 14.0. The highest BCUT2D eigenvalue weighted by Crippen LogP contribution is 2.20. The first-order valence-electron chi connectivity index (χ1n) is 6.62. The molecular weight excluding hydrogens is 291 g/mol. The van der Waals surface area contributed by atoms with Gasteiger partial charge in [-0.1, -0.05) is 12.1 Å². The Morgan fingerprint density at radius 3 is 3.00 bits per heavy atom. The number of nitrogens with one attached hydrogen (secondary N) is 2. The highest BCUT2D eigenvalue weighted by atomic mass is 19.1. The van der Waals surface area contributed by atoms with Gasteiger partial charge in [0.05, 0.1) is 6.20 Å². The normalized spacial score (nSPS) is 10.9. The van der Waals surface area contributed by atoms with Gasteiger partial charge < -0.3 is 9.84 Å². The number of carbonyl (C=O) groups is 1. The minimum absolute atomic E-state index is 0.0651. The number of aryl methyl sites for hydroxylation is 2. The lowest BCUT2D eigenvalue weighted by Crippen LogP contribution is -2.21. The topological polar surface area (TPSA) is 97.3 Å². The Hall–Kier alpha value is -2.97. The van der Waals surface area contributed by atoms with Crippen LogP contribution in [0.4, 0.5) is 20.8 Å². The summed E-state index contributed by atoms with van der Waals surface area (Å²) in [7, 11) is 0. The molecule has 0 aliphatic carbocycles. The van der Waals surface area contributed by atoms with Crippen molar-refractivity contribution in [1.82, 2.24) is 19.8 Å². The van der Waals surface area contributed by atoms with E-state index in [0.29, 0.717) is 29.2 Å². The lowest BCUT2D eigenvalue weighted by Gasteiger charge is -2.04. The number of rotatable bonds is 3. The molecule has 0 fully saturated rings. The quantitative estimate of drug-likeness (QED) is 0.774. The summed E-state index contributed by atoms with van der Waals surface area (Å²) in [4.78, 5) is 16.1. The van der Waals surface area contributed by atoms with Crippen LogP contribution in [0, 0.1) is 12.7 Å². The van der Waals surface area contributed by atoms with E-state index >= 15 is 0 Å². The highest BCUT2D eigenvalue weighted by Gasteiger charge is 2.15. The van der Waals surface area contributed by atoms with Gasteiger partial charge in [0.15, 0.2) is 11.4 Å². The van der Waals surface area contributed by atoms with E-state index in [1.54, 1.807) is 6.92 Å². The lowest BCUT2D eigenvalue weighted by atomic mass is 10.2. The second kappa shape index (κ2) is 5.43. The maximum atomic E-state index is 13.1. The van der Waals surface area contributed by atoms with E-state index in [-0.39, 0.29) is 5.95 Å². The summed E-state index contributed by atoms with van der Waals surface area (Å²) in [5.74, 6) is 0.133. The first-order valence-corrected chi connectivity index (χ1v) is 6.62. The van der Waals surface area contributed by atoms with Gasteiger partial charge in [-0.3, -0.25) is 5.32 Å². The number of fused-ring (bicyclic) bond motifs is 1. The number of carbonyl (C=O) groups excluding carboxylic acids is 1. The van der Waals surface area contributed by atoms with E-state index < -0.39 is 11.8 Å². The monoisotopic (exact) mass is 304 g/mol. The third kappa shape index (κ3) is 2.60. The van der Waals surface area contributed by atoms with Gasteiger partial charge in [-0.2, -0.15) is 4.98 Å². The van der Waals surface area contributed by atoms with Crippen LogP contribution < -0.4 is 10.6 Å². The molecule has 0 unspecified atom stereocenters. The molecule has 114 valence electrons. The standard InChI is InChI=1S/C13H13FN6O2/c1-3-9-11(7(2)22-19-9)16-13(21)17-12-15-10-5-4-8(14)6-20(10)18-12/h4-6H,3H2,1-2H3,(H2,16,17,18,21). The minimum atomic E-state index is -0.530. The number of nitrogens with zero attached hydrogens (tertiary/aromatic N) is 4. The molecule has 0 aliphatic heterocycles. The molecule has 8 nitrogen and oxygen atoms in total. The van der Waals surface area contributed by atoms with Crippen molar-refractivity contribution in [3.8, 4) is 0 Å². The van der Waals surface area contributed by atoms with Crippen LogP contribution in [0.15, 0.2) is 22.9 Å². The van der Waals surface area contributed by atoms with Gasteiger partial charge in [0.1, 0.15) is 17.2 Å². The molecule has 0 aromatic carbocycles.